The van der Waals surface area contributed by atoms with Crippen molar-refractivity contribution < 1.29 is 19.1 Å². The highest BCUT2D eigenvalue weighted by Crippen LogP contribution is 2.24. The van der Waals surface area contributed by atoms with Crippen LogP contribution in [0.5, 0.6) is 0 Å². The van der Waals surface area contributed by atoms with Crippen LogP contribution >= 0.6 is 0 Å². The van der Waals surface area contributed by atoms with Gasteiger partial charge in [-0.05, 0) is 18.2 Å². The second-order valence-corrected chi connectivity index (χ2v) is 4.32. The molecule has 0 saturated heterocycles. The van der Waals surface area contributed by atoms with Gasteiger partial charge in [-0.1, -0.05) is 0 Å². The third kappa shape index (κ3) is 2.68. The molecule has 0 fully saturated rings. The molecule has 1 aromatic rings. The Morgan fingerprint density at radius 3 is 2.70 bits per heavy atom. The molecule has 20 heavy (non-hydrogen) atoms. The molecule has 0 bridgehead atoms. The third-order valence-electron chi connectivity index (χ3n) is 2.87. The number of nitrogens with two attached hydrogens (primary N) is 1. The van der Waals surface area contributed by atoms with Crippen molar-refractivity contribution in [2.45, 2.75) is 0 Å². The van der Waals surface area contributed by atoms with Crippen molar-refractivity contribution in [1.29, 1.82) is 0 Å². The topological polar surface area (TPSA) is 102 Å². The zero-order valence-corrected chi connectivity index (χ0v) is 11.0. The third-order valence-corrected chi connectivity index (χ3v) is 2.87. The second-order valence-electron chi connectivity index (χ2n) is 4.32. The lowest BCUT2D eigenvalue weighted by Crippen LogP contribution is -2.24. The summed E-state index contributed by atoms with van der Waals surface area (Å²) in [6, 6.07) is 4.58. The first kappa shape index (κ1) is 14.2. The molecule has 2 rings (SSSR count). The van der Waals surface area contributed by atoms with Crippen molar-refractivity contribution in [2.24, 2.45) is 5.73 Å². The Bertz CT molecular complexity index is 571. The number of anilines is 1. The summed E-state index contributed by atoms with van der Waals surface area (Å²) < 4.78 is 5.00. The first-order valence-corrected chi connectivity index (χ1v) is 6.08. The highest BCUT2D eigenvalue weighted by atomic mass is 16.5. The van der Waals surface area contributed by atoms with Gasteiger partial charge in [0, 0.05) is 19.3 Å². The van der Waals surface area contributed by atoms with Crippen molar-refractivity contribution in [3.63, 3.8) is 0 Å². The lowest BCUT2D eigenvalue weighted by Gasteiger charge is -2.06. The van der Waals surface area contributed by atoms with E-state index in [1.165, 1.54) is 19.2 Å². The molecule has 0 saturated carbocycles. The molecule has 0 aromatic heterocycles. The van der Waals surface area contributed by atoms with E-state index in [9.17, 15) is 14.4 Å². The fourth-order valence-electron chi connectivity index (χ4n) is 1.88. The summed E-state index contributed by atoms with van der Waals surface area (Å²) >= 11 is 0. The molecule has 1 aromatic carbocycles. The molecule has 0 unspecified atom stereocenters. The van der Waals surface area contributed by atoms with Gasteiger partial charge in [-0.15, -0.1) is 0 Å². The predicted octanol–water partition coefficient (Wildman–Crippen LogP) is -0.174. The van der Waals surface area contributed by atoms with Crippen LogP contribution in [0.2, 0.25) is 0 Å². The molecule has 0 atom stereocenters. The summed E-state index contributed by atoms with van der Waals surface area (Å²) in [6.45, 7) is 0.533. The molecule has 0 spiro atoms. The van der Waals surface area contributed by atoms with E-state index >= 15 is 0 Å². The predicted molar refractivity (Wildman–Crippen MR) is 71.4 cm³/mol. The van der Waals surface area contributed by atoms with Crippen molar-refractivity contribution in [2.75, 3.05) is 32.1 Å². The Morgan fingerprint density at radius 1 is 1.30 bits per heavy atom. The smallest absolute Gasteiger partial charge is 0.261 e. The molecule has 106 valence electrons. The van der Waals surface area contributed by atoms with Crippen molar-refractivity contribution >= 4 is 23.4 Å². The number of amides is 3. The minimum absolute atomic E-state index is 0.110. The molecule has 0 radical (unpaired) electrons. The maximum absolute atomic E-state index is 11.8. The Morgan fingerprint density at radius 2 is 2.00 bits per heavy atom. The lowest BCUT2D eigenvalue weighted by molar-refractivity contribution is -0.120. The fourth-order valence-corrected chi connectivity index (χ4v) is 1.88. The maximum atomic E-state index is 11.8. The highest BCUT2D eigenvalue weighted by molar-refractivity contribution is 6.21. The number of hydrogen-bond donors (Lipinski definition) is 2. The van der Waals surface area contributed by atoms with Gasteiger partial charge in [-0.3, -0.25) is 19.3 Å². The van der Waals surface area contributed by atoms with Gasteiger partial charge in [0.25, 0.3) is 11.8 Å². The second kappa shape index (κ2) is 5.81. The molecule has 1 aliphatic rings. The zero-order valence-electron chi connectivity index (χ0n) is 11.0. The summed E-state index contributed by atoms with van der Waals surface area (Å²) in [4.78, 5) is 36.1. The number of rotatable bonds is 5. The van der Waals surface area contributed by atoms with E-state index in [0.717, 1.165) is 4.90 Å². The summed E-state index contributed by atoms with van der Waals surface area (Å²) in [5, 5.41) is 2.59. The molecule has 7 nitrogen and oxygen atoms in total. The minimum atomic E-state index is -0.375. The van der Waals surface area contributed by atoms with Crippen LogP contribution in [0.4, 0.5) is 5.69 Å². The number of hydrogen-bond acceptors (Lipinski definition) is 5. The molecule has 3 N–H and O–H groups in total. The van der Waals surface area contributed by atoms with Gasteiger partial charge in [-0.25, -0.2) is 0 Å². The standard InChI is InChI=1S/C13H15N3O4/c1-16-12(18)9-3-2-8(6-10(9)13(16)19)15-11(17)7-20-5-4-14/h2-3,6H,4-5,7,14H2,1H3,(H,15,17). The summed E-state index contributed by atoms with van der Waals surface area (Å²) in [6.07, 6.45) is 0. The van der Waals surface area contributed by atoms with Gasteiger partial charge < -0.3 is 15.8 Å². The van der Waals surface area contributed by atoms with Crippen LogP contribution in [0, 0.1) is 0 Å². The van der Waals surface area contributed by atoms with E-state index in [0.29, 0.717) is 24.4 Å². The first-order chi connectivity index (χ1) is 9.54. The van der Waals surface area contributed by atoms with Crippen LogP contribution < -0.4 is 11.1 Å². The minimum Gasteiger partial charge on any atom is -0.370 e. The Kier molecular flexibility index (Phi) is 4.11. The van der Waals surface area contributed by atoms with Crippen LogP contribution in [0.15, 0.2) is 18.2 Å². The SMILES string of the molecule is CN1C(=O)c2ccc(NC(=O)COCCN)cc2C1=O. The Labute approximate surface area is 115 Å². The van der Waals surface area contributed by atoms with Crippen LogP contribution in [0.1, 0.15) is 20.7 Å². The number of fused-ring (bicyclic) bond motifs is 1. The maximum Gasteiger partial charge on any atom is 0.261 e. The van der Waals surface area contributed by atoms with Gasteiger partial charge in [0.1, 0.15) is 6.61 Å². The van der Waals surface area contributed by atoms with Gasteiger partial charge in [0.15, 0.2) is 0 Å². The average Bonchev–Trinajstić information content (AvgIpc) is 2.64. The number of nitrogens with one attached hydrogen (secondary N) is 1. The number of nitrogens with zero attached hydrogens (tertiary/aromatic N) is 1. The first-order valence-electron chi connectivity index (χ1n) is 6.08. The van der Waals surface area contributed by atoms with Crippen LogP contribution in [-0.4, -0.2) is 49.4 Å². The van der Waals surface area contributed by atoms with Crippen LogP contribution in [-0.2, 0) is 9.53 Å². The van der Waals surface area contributed by atoms with E-state index in [4.69, 9.17) is 10.5 Å². The Balaban J connectivity index is 2.07. The van der Waals surface area contributed by atoms with E-state index < -0.39 is 0 Å². The number of carbonyl (C=O) groups is 3. The normalized spacial score (nSPS) is 13.6. The summed E-state index contributed by atoms with van der Waals surface area (Å²) in [7, 11) is 1.42. The molecule has 1 heterocycles. The van der Waals surface area contributed by atoms with E-state index in [1.807, 2.05) is 0 Å². The number of ether oxygens (including phenoxy) is 1. The lowest BCUT2D eigenvalue weighted by atomic mass is 10.1. The van der Waals surface area contributed by atoms with Crippen molar-refractivity contribution in [3.8, 4) is 0 Å². The van der Waals surface area contributed by atoms with Gasteiger partial charge >= 0.3 is 0 Å². The van der Waals surface area contributed by atoms with E-state index in [1.54, 1.807) is 6.07 Å². The van der Waals surface area contributed by atoms with Gasteiger partial charge in [0.2, 0.25) is 5.91 Å². The Hall–Kier alpha value is -2.25. The molecule has 0 aliphatic carbocycles. The summed E-state index contributed by atoms with van der Waals surface area (Å²) in [5.41, 5.74) is 6.32. The quantitative estimate of drug-likeness (QED) is 0.574. The fraction of sp³-hybridized carbons (Fsp3) is 0.308. The number of imide groups is 1. The largest absolute Gasteiger partial charge is 0.370 e. The monoisotopic (exact) mass is 277 g/mol. The number of benzene rings is 1. The van der Waals surface area contributed by atoms with Crippen LogP contribution in [0.3, 0.4) is 0 Å². The molecular formula is C13H15N3O4. The van der Waals surface area contributed by atoms with E-state index in [2.05, 4.69) is 5.32 Å². The van der Waals surface area contributed by atoms with Gasteiger partial charge in [0.05, 0.1) is 17.7 Å². The average molecular weight is 277 g/mol. The number of carbonyl (C=O) groups excluding carboxylic acids is 3. The highest BCUT2D eigenvalue weighted by Gasteiger charge is 2.32. The zero-order chi connectivity index (χ0) is 14.7. The molecule has 3 amide bonds. The van der Waals surface area contributed by atoms with Gasteiger partial charge in [-0.2, -0.15) is 0 Å². The summed E-state index contributed by atoms with van der Waals surface area (Å²) in [5.74, 6) is -1.06. The van der Waals surface area contributed by atoms with E-state index in [-0.39, 0.29) is 29.9 Å². The van der Waals surface area contributed by atoms with Crippen molar-refractivity contribution in [1.82, 2.24) is 4.90 Å². The molecule has 1 aliphatic heterocycles. The molecular weight excluding hydrogens is 262 g/mol. The molecule has 7 heteroatoms. The van der Waals surface area contributed by atoms with Crippen molar-refractivity contribution in [3.05, 3.63) is 29.3 Å². The van der Waals surface area contributed by atoms with Crippen LogP contribution in [0.25, 0.3) is 0 Å².